The topological polar surface area (TPSA) is 196 Å². The fourth-order valence-corrected chi connectivity index (χ4v) is 13.3. The molecule has 3 saturated heterocycles. The van der Waals surface area contributed by atoms with Crippen LogP contribution >= 0.6 is 0 Å². The zero-order valence-electron chi connectivity index (χ0n) is 40.3. The van der Waals surface area contributed by atoms with Gasteiger partial charge in [0.25, 0.3) is 21.6 Å². The minimum atomic E-state index is -4.68. The number of likely N-dealkylation sites (tertiary alicyclic amines) is 1. The van der Waals surface area contributed by atoms with Crippen molar-refractivity contribution in [2.75, 3.05) is 54.4 Å². The van der Waals surface area contributed by atoms with Gasteiger partial charge in [0.1, 0.15) is 18.0 Å². The van der Waals surface area contributed by atoms with Gasteiger partial charge in [0.2, 0.25) is 0 Å². The van der Waals surface area contributed by atoms with Crippen LogP contribution in [-0.4, -0.2) is 96.2 Å². The molecule has 0 bridgehead atoms. The molecule has 6 heterocycles. The van der Waals surface area contributed by atoms with Crippen molar-refractivity contribution in [1.82, 2.24) is 19.6 Å². The Morgan fingerprint density at radius 3 is 2.44 bits per heavy atom. The molecule has 3 aromatic carbocycles. The van der Waals surface area contributed by atoms with Gasteiger partial charge in [-0.05, 0) is 137 Å². The van der Waals surface area contributed by atoms with Crippen molar-refractivity contribution < 1.29 is 32.7 Å². The van der Waals surface area contributed by atoms with Crippen molar-refractivity contribution in [3.8, 4) is 17.2 Å². The molecule has 0 unspecified atom stereocenters. The summed E-state index contributed by atoms with van der Waals surface area (Å²) in [5, 5.41) is 27.0. The maximum absolute atomic E-state index is 14.4. The maximum atomic E-state index is 14.4. The molecule has 17 heteroatoms. The minimum absolute atomic E-state index is 0.00835. The van der Waals surface area contributed by atoms with Crippen molar-refractivity contribution in [2.45, 2.75) is 126 Å². The zero-order chi connectivity index (χ0) is 48.5. The van der Waals surface area contributed by atoms with Gasteiger partial charge in [-0.2, -0.15) is 0 Å². The first-order valence-electron chi connectivity index (χ1n) is 25.3. The number of fused-ring (bicyclic) bond motifs is 2. The fourth-order valence-electron chi connectivity index (χ4n) is 12.3. The van der Waals surface area contributed by atoms with E-state index in [9.17, 15) is 28.4 Å². The van der Waals surface area contributed by atoms with Gasteiger partial charge in [-0.1, -0.05) is 38.1 Å². The first kappa shape index (κ1) is 46.5. The minimum Gasteiger partial charge on any atom is -0.489 e. The molecule has 5 aromatic rings. The highest BCUT2D eigenvalue weighted by Gasteiger charge is 2.50. The molecule has 2 aromatic heterocycles. The number of hydrogen-bond acceptors (Lipinski definition) is 13. The third kappa shape index (κ3) is 8.82. The molecule has 11 rings (SSSR count). The Morgan fingerprint density at radius 2 is 1.71 bits per heavy atom. The number of H-pyrrole nitrogens is 1. The number of rotatable bonds is 12. The summed E-state index contributed by atoms with van der Waals surface area (Å²) in [6.45, 7) is 10.9. The number of piperidine rings is 1. The SMILES string of the molecule is CC(C)c1ccccc1[C@H]1CCCN1C1CC2(CCN(c3ccc(C(=O)NS(=O)(=O)c4cc5c(c([N+](=O)[O-])c4)N[C@@H]([C@H]4CC[C@](C)(O)CC4)CO5)c(Oc4cc5cc[nH]c5nc4N4CCC4)c3)CC2)C1. The van der Waals surface area contributed by atoms with E-state index in [1.54, 1.807) is 6.07 Å². The lowest BCUT2D eigenvalue weighted by Gasteiger charge is -2.56. The summed E-state index contributed by atoms with van der Waals surface area (Å²) in [6.07, 6.45) is 12.4. The number of aromatic amines is 1. The molecule has 2 atom stereocenters. The van der Waals surface area contributed by atoms with E-state index in [-0.39, 0.29) is 46.7 Å². The quantitative estimate of drug-likeness (QED) is 0.0683. The molecular formula is C53H64N8O8S. The number of carbonyl (C=O) groups excluding carboxylic acids is 1. The van der Waals surface area contributed by atoms with E-state index in [0.29, 0.717) is 60.9 Å². The van der Waals surface area contributed by atoms with Crippen LogP contribution in [0.25, 0.3) is 11.0 Å². The Kier molecular flexibility index (Phi) is 12.0. The van der Waals surface area contributed by atoms with Gasteiger partial charge in [0.05, 0.1) is 27.0 Å². The normalized spacial score (nSPS) is 24.7. The summed E-state index contributed by atoms with van der Waals surface area (Å²) in [7, 11) is -4.68. The maximum Gasteiger partial charge on any atom is 0.297 e. The smallest absolute Gasteiger partial charge is 0.297 e. The second-order valence-corrected chi connectivity index (χ2v) is 23.2. The summed E-state index contributed by atoms with van der Waals surface area (Å²) in [4.78, 5) is 41.0. The van der Waals surface area contributed by atoms with Gasteiger partial charge < -0.3 is 34.7 Å². The van der Waals surface area contributed by atoms with Crippen molar-refractivity contribution in [3.05, 3.63) is 99.7 Å². The van der Waals surface area contributed by atoms with Gasteiger partial charge in [-0.15, -0.1) is 0 Å². The highest BCUT2D eigenvalue weighted by Crippen LogP contribution is 2.55. The van der Waals surface area contributed by atoms with E-state index in [1.807, 2.05) is 37.4 Å². The number of nitro groups is 1. The number of ether oxygens (including phenoxy) is 2. The predicted octanol–water partition coefficient (Wildman–Crippen LogP) is 9.42. The Hall–Kier alpha value is -5.91. The summed E-state index contributed by atoms with van der Waals surface area (Å²) in [6, 6.07) is 21.0. The predicted molar refractivity (Wildman–Crippen MR) is 269 cm³/mol. The van der Waals surface area contributed by atoms with E-state index < -0.39 is 37.0 Å². The van der Waals surface area contributed by atoms with Gasteiger partial charge in [-0.3, -0.25) is 19.8 Å². The zero-order valence-corrected chi connectivity index (χ0v) is 41.1. The number of amides is 1. The number of benzene rings is 3. The van der Waals surface area contributed by atoms with Crippen LogP contribution < -0.4 is 29.3 Å². The Labute approximate surface area is 409 Å². The molecule has 1 spiro atoms. The van der Waals surface area contributed by atoms with Gasteiger partial charge in [0.15, 0.2) is 23.0 Å². The number of nitrogens with one attached hydrogen (secondary N) is 3. The van der Waals surface area contributed by atoms with E-state index in [2.05, 4.69) is 67.8 Å². The third-order valence-corrected chi connectivity index (χ3v) is 17.9. The standard InChI is InChI=1S/C53H64N8O8S/c1-33(2)39-8-4-5-9-40(39)43-10-6-23-60(43)37-30-53(31-37)18-24-58(25-19-53)36-11-12-41(45(27-36)69-47-26-35-15-20-54-49(35)56-50(47)59-21-7-22-59)51(62)57-70(66,67)38-28-44(61(64)65)48-46(29-38)68-32-42(55-48)34-13-16-52(3,63)17-14-34/h4-5,8-9,11-12,15,20,26-29,33-34,37,42-43,55,63H,6-7,10,13-14,16-19,21-25,30-32H2,1-3H3,(H,54,56)(H,57,62)/t34-,42-,43-,52-/m1/s1. The molecule has 2 saturated carbocycles. The number of aromatic nitrogens is 2. The molecule has 70 heavy (non-hydrogen) atoms. The molecule has 2 aliphatic carbocycles. The van der Waals surface area contributed by atoms with Gasteiger partial charge in [-0.25, -0.2) is 18.1 Å². The number of carbonyl (C=O) groups is 1. The van der Waals surface area contributed by atoms with Crippen molar-refractivity contribution in [1.29, 1.82) is 0 Å². The summed E-state index contributed by atoms with van der Waals surface area (Å²) >= 11 is 0. The Balaban J connectivity index is 0.836. The molecule has 16 nitrogen and oxygen atoms in total. The number of nitro benzene ring substituents is 1. The number of hydrogen-bond donors (Lipinski definition) is 4. The van der Waals surface area contributed by atoms with Crippen LogP contribution in [0.4, 0.5) is 22.9 Å². The van der Waals surface area contributed by atoms with Crippen molar-refractivity contribution in [3.63, 3.8) is 0 Å². The summed E-state index contributed by atoms with van der Waals surface area (Å²) in [5.74, 6) is 0.858. The molecule has 0 radical (unpaired) electrons. The number of aliphatic hydroxyl groups is 1. The molecule has 4 N–H and O–H groups in total. The average Bonchev–Trinajstić information content (AvgIpc) is 3.99. The highest BCUT2D eigenvalue weighted by molar-refractivity contribution is 7.90. The van der Waals surface area contributed by atoms with Gasteiger partial charge >= 0.3 is 0 Å². The Morgan fingerprint density at radius 1 is 0.943 bits per heavy atom. The molecule has 4 aliphatic heterocycles. The number of anilines is 3. The van der Waals surface area contributed by atoms with Crippen molar-refractivity contribution >= 4 is 49.8 Å². The van der Waals surface area contributed by atoms with Crippen LogP contribution in [0.5, 0.6) is 17.2 Å². The Bertz CT molecular complexity index is 2930. The average molecular weight is 973 g/mol. The van der Waals surface area contributed by atoms with E-state index in [4.69, 9.17) is 14.5 Å². The van der Waals surface area contributed by atoms with Crippen LogP contribution in [0.2, 0.25) is 0 Å². The summed E-state index contributed by atoms with van der Waals surface area (Å²) < 4.78 is 43.2. The first-order valence-corrected chi connectivity index (χ1v) is 26.8. The lowest BCUT2D eigenvalue weighted by atomic mass is 9.59. The largest absolute Gasteiger partial charge is 0.489 e. The monoisotopic (exact) mass is 972 g/mol. The van der Waals surface area contributed by atoms with Crippen molar-refractivity contribution in [2.24, 2.45) is 11.3 Å². The van der Waals surface area contributed by atoms with Crippen LogP contribution in [0, 0.1) is 21.4 Å². The lowest BCUT2D eigenvalue weighted by Crippen LogP contribution is -2.54. The van der Waals surface area contributed by atoms with Crippen LogP contribution in [0.1, 0.15) is 125 Å². The number of pyridine rings is 1. The van der Waals surface area contributed by atoms with Gasteiger partial charge in [0, 0.05) is 73.7 Å². The molecule has 5 fully saturated rings. The molecular weight excluding hydrogens is 909 g/mol. The second kappa shape index (κ2) is 18.0. The lowest BCUT2D eigenvalue weighted by molar-refractivity contribution is -0.384. The van der Waals surface area contributed by atoms with E-state index in [0.717, 1.165) is 69.1 Å². The fraction of sp³-hybridized carbons (Fsp3) is 0.509. The second-order valence-electron chi connectivity index (χ2n) is 21.5. The van der Waals surface area contributed by atoms with Crippen LogP contribution in [0.15, 0.2) is 77.8 Å². The highest BCUT2D eigenvalue weighted by atomic mass is 32.2. The van der Waals surface area contributed by atoms with Crippen LogP contribution in [-0.2, 0) is 10.0 Å². The molecule has 6 aliphatic rings. The number of nitrogens with zero attached hydrogens (tertiary/aromatic N) is 5. The number of sulfonamides is 1. The van der Waals surface area contributed by atoms with E-state index in [1.165, 1.54) is 42.9 Å². The summed E-state index contributed by atoms with van der Waals surface area (Å²) in [5.41, 5.74) is 3.64. The molecule has 370 valence electrons. The van der Waals surface area contributed by atoms with E-state index >= 15 is 0 Å². The first-order chi connectivity index (χ1) is 33.6. The van der Waals surface area contributed by atoms with Crippen LogP contribution in [0.3, 0.4) is 0 Å². The molecule has 1 amide bonds. The third-order valence-electron chi connectivity index (χ3n) is 16.5.